The van der Waals surface area contributed by atoms with Gasteiger partial charge in [-0.25, -0.2) is 9.38 Å². The molecule has 0 aliphatic rings. The molecule has 0 saturated heterocycles. The second-order valence-electron chi connectivity index (χ2n) is 7.43. The topological polar surface area (TPSA) is 77.6 Å². The number of aromatic nitrogens is 3. The molecule has 0 spiro atoms. The van der Waals surface area contributed by atoms with E-state index in [2.05, 4.69) is 10.3 Å². The van der Waals surface area contributed by atoms with E-state index in [0.29, 0.717) is 28.4 Å². The van der Waals surface area contributed by atoms with Crippen LogP contribution in [-0.2, 0) is 11.3 Å². The zero-order valence-corrected chi connectivity index (χ0v) is 17.4. The fourth-order valence-corrected chi connectivity index (χ4v) is 3.66. The van der Waals surface area contributed by atoms with Gasteiger partial charge in [0.2, 0.25) is 11.7 Å². The molecule has 2 aromatic heterocycles. The minimum absolute atomic E-state index is 0.0290. The molecule has 0 fully saturated rings. The Kier molecular flexibility index (Phi) is 4.91. The number of ether oxygens (including phenoxy) is 1. The van der Waals surface area contributed by atoms with Crippen LogP contribution < -0.4 is 15.6 Å². The van der Waals surface area contributed by atoms with E-state index in [4.69, 9.17) is 4.74 Å². The molecule has 2 heterocycles. The molecule has 5 rings (SSSR count). The van der Waals surface area contributed by atoms with Crippen molar-refractivity contribution < 1.29 is 9.53 Å². The molecule has 3 aromatic carbocycles. The van der Waals surface area contributed by atoms with Gasteiger partial charge >= 0.3 is 0 Å². The highest BCUT2D eigenvalue weighted by Crippen LogP contribution is 2.23. The SMILES string of the molecule is Cc1cc(=O)n2c3ccccc3nc2n1CC(=O)Nc1ccc(Oc2ccccc2)cc1. The van der Waals surface area contributed by atoms with Gasteiger partial charge in [-0.2, -0.15) is 0 Å². The molecule has 0 aliphatic carbocycles. The Hall–Kier alpha value is -4.39. The molecule has 158 valence electrons. The molecule has 0 atom stereocenters. The first-order valence-corrected chi connectivity index (χ1v) is 10.2. The number of hydrogen-bond donors (Lipinski definition) is 1. The highest BCUT2D eigenvalue weighted by Gasteiger charge is 2.15. The Morgan fingerprint density at radius 3 is 2.41 bits per heavy atom. The van der Waals surface area contributed by atoms with Crippen molar-refractivity contribution in [3.05, 3.63) is 101 Å². The van der Waals surface area contributed by atoms with E-state index in [9.17, 15) is 9.59 Å². The van der Waals surface area contributed by atoms with Gasteiger partial charge in [0, 0.05) is 17.4 Å². The van der Waals surface area contributed by atoms with Crippen molar-refractivity contribution in [2.45, 2.75) is 13.5 Å². The molecule has 7 nitrogen and oxygen atoms in total. The first-order chi connectivity index (χ1) is 15.6. The van der Waals surface area contributed by atoms with Crippen LogP contribution in [0.2, 0.25) is 0 Å². The first-order valence-electron chi connectivity index (χ1n) is 10.2. The molecule has 1 N–H and O–H groups in total. The summed E-state index contributed by atoms with van der Waals surface area (Å²) in [6.45, 7) is 1.82. The van der Waals surface area contributed by atoms with Crippen LogP contribution in [0.15, 0.2) is 89.7 Å². The van der Waals surface area contributed by atoms with Crippen molar-refractivity contribution in [1.82, 2.24) is 14.0 Å². The maximum absolute atomic E-state index is 12.8. The Balaban J connectivity index is 1.37. The summed E-state index contributed by atoms with van der Waals surface area (Å²) >= 11 is 0. The molecule has 0 radical (unpaired) electrons. The zero-order valence-electron chi connectivity index (χ0n) is 17.4. The Bertz CT molecular complexity index is 1490. The van der Waals surface area contributed by atoms with Crippen LogP contribution in [0.25, 0.3) is 16.8 Å². The maximum atomic E-state index is 12.8. The third kappa shape index (κ3) is 3.72. The van der Waals surface area contributed by atoms with Crippen molar-refractivity contribution in [2.24, 2.45) is 0 Å². The Morgan fingerprint density at radius 1 is 0.938 bits per heavy atom. The van der Waals surface area contributed by atoms with Gasteiger partial charge in [-0.3, -0.25) is 9.59 Å². The van der Waals surface area contributed by atoms with E-state index in [1.54, 1.807) is 35.8 Å². The van der Waals surface area contributed by atoms with Gasteiger partial charge in [0.15, 0.2) is 0 Å². The van der Waals surface area contributed by atoms with Gasteiger partial charge in [0.25, 0.3) is 5.56 Å². The fourth-order valence-electron chi connectivity index (χ4n) is 3.66. The van der Waals surface area contributed by atoms with Crippen LogP contribution in [0.3, 0.4) is 0 Å². The predicted octanol–water partition coefficient (Wildman–Crippen LogP) is 4.39. The summed E-state index contributed by atoms with van der Waals surface area (Å²) in [4.78, 5) is 29.9. The molecule has 0 unspecified atom stereocenters. The largest absolute Gasteiger partial charge is 0.457 e. The maximum Gasteiger partial charge on any atom is 0.259 e. The lowest BCUT2D eigenvalue weighted by Gasteiger charge is -2.13. The van der Waals surface area contributed by atoms with Crippen molar-refractivity contribution >= 4 is 28.4 Å². The molecule has 32 heavy (non-hydrogen) atoms. The number of benzene rings is 3. The van der Waals surface area contributed by atoms with Crippen LogP contribution in [0.4, 0.5) is 5.69 Å². The van der Waals surface area contributed by atoms with E-state index in [0.717, 1.165) is 11.3 Å². The summed E-state index contributed by atoms with van der Waals surface area (Å²) in [7, 11) is 0. The van der Waals surface area contributed by atoms with E-state index < -0.39 is 0 Å². The second-order valence-corrected chi connectivity index (χ2v) is 7.43. The first kappa shape index (κ1) is 19.6. The van der Waals surface area contributed by atoms with Gasteiger partial charge in [0.05, 0.1) is 11.0 Å². The number of anilines is 1. The molecule has 5 aromatic rings. The Labute approximate surface area is 183 Å². The molecule has 0 bridgehead atoms. The molecular weight excluding hydrogens is 404 g/mol. The van der Waals surface area contributed by atoms with E-state index >= 15 is 0 Å². The van der Waals surface area contributed by atoms with Crippen molar-refractivity contribution in [3.63, 3.8) is 0 Å². The number of aryl methyl sites for hydroxylation is 1. The third-order valence-corrected chi connectivity index (χ3v) is 5.18. The number of amides is 1. The highest BCUT2D eigenvalue weighted by molar-refractivity contribution is 5.91. The van der Waals surface area contributed by atoms with Crippen molar-refractivity contribution in [3.8, 4) is 11.5 Å². The molecular formula is C25H20N4O3. The summed E-state index contributed by atoms with van der Waals surface area (Å²) in [5, 5.41) is 2.89. The van der Waals surface area contributed by atoms with Crippen LogP contribution in [0.1, 0.15) is 5.69 Å². The fraction of sp³-hybridized carbons (Fsp3) is 0.0800. The lowest BCUT2D eigenvalue weighted by Crippen LogP contribution is -2.25. The monoisotopic (exact) mass is 424 g/mol. The molecule has 0 saturated carbocycles. The quantitative estimate of drug-likeness (QED) is 0.454. The predicted molar refractivity (Wildman–Crippen MR) is 123 cm³/mol. The second kappa shape index (κ2) is 8.03. The lowest BCUT2D eigenvalue weighted by atomic mass is 10.3. The smallest absolute Gasteiger partial charge is 0.259 e. The molecule has 0 aliphatic heterocycles. The highest BCUT2D eigenvalue weighted by atomic mass is 16.5. The molecule has 1 amide bonds. The van der Waals surface area contributed by atoms with Gasteiger partial charge < -0.3 is 14.6 Å². The zero-order chi connectivity index (χ0) is 22.1. The van der Waals surface area contributed by atoms with Crippen molar-refractivity contribution in [1.29, 1.82) is 0 Å². The number of fused-ring (bicyclic) bond motifs is 3. The number of rotatable bonds is 5. The van der Waals surface area contributed by atoms with Crippen LogP contribution in [0, 0.1) is 6.92 Å². The van der Waals surface area contributed by atoms with Crippen LogP contribution in [0.5, 0.6) is 11.5 Å². The summed E-state index contributed by atoms with van der Waals surface area (Å²) in [5.41, 5.74) is 2.57. The summed E-state index contributed by atoms with van der Waals surface area (Å²) < 4.78 is 9.05. The minimum Gasteiger partial charge on any atom is -0.457 e. The Morgan fingerprint density at radius 2 is 1.62 bits per heavy atom. The van der Waals surface area contributed by atoms with Gasteiger partial charge in [0.1, 0.15) is 18.0 Å². The van der Waals surface area contributed by atoms with E-state index in [-0.39, 0.29) is 18.0 Å². The number of nitrogens with zero attached hydrogens (tertiary/aromatic N) is 3. The number of carbonyl (C=O) groups excluding carboxylic acids is 1. The van der Waals surface area contributed by atoms with E-state index in [1.165, 1.54) is 10.5 Å². The number of imidazole rings is 1. The van der Waals surface area contributed by atoms with Gasteiger partial charge in [-0.15, -0.1) is 0 Å². The van der Waals surface area contributed by atoms with Crippen LogP contribution in [-0.4, -0.2) is 19.9 Å². The number of carbonyl (C=O) groups is 1. The average Bonchev–Trinajstić information content (AvgIpc) is 3.19. The lowest BCUT2D eigenvalue weighted by molar-refractivity contribution is -0.116. The van der Waals surface area contributed by atoms with Crippen molar-refractivity contribution in [2.75, 3.05) is 5.32 Å². The average molecular weight is 424 g/mol. The summed E-state index contributed by atoms with van der Waals surface area (Å²) in [6.07, 6.45) is 0. The number of nitrogens with one attached hydrogen (secondary N) is 1. The van der Waals surface area contributed by atoms with Gasteiger partial charge in [-0.05, 0) is 55.5 Å². The summed E-state index contributed by atoms with van der Waals surface area (Å²) in [6, 6.07) is 25.6. The van der Waals surface area contributed by atoms with E-state index in [1.807, 2.05) is 54.6 Å². The standard InChI is InChI=1S/C25H20N4O3/c1-17-15-24(31)29-22-10-6-5-9-21(22)27-25(29)28(17)16-23(30)26-18-11-13-20(14-12-18)32-19-7-3-2-4-8-19/h2-15H,16H2,1H3,(H,26,30). The minimum atomic E-state index is -0.220. The molecule has 7 heteroatoms. The third-order valence-electron chi connectivity index (χ3n) is 5.18. The normalized spacial score (nSPS) is 11.0. The number of para-hydroxylation sites is 3. The summed E-state index contributed by atoms with van der Waals surface area (Å²) in [5.74, 6) is 1.64. The number of hydrogen-bond acceptors (Lipinski definition) is 4. The van der Waals surface area contributed by atoms with Crippen LogP contribution >= 0.6 is 0 Å². The van der Waals surface area contributed by atoms with Gasteiger partial charge in [-0.1, -0.05) is 30.3 Å².